The molecular formula is C5H5N3O2. The van der Waals surface area contributed by atoms with Crippen LogP contribution in [0, 0.1) is 0 Å². The summed E-state index contributed by atoms with van der Waals surface area (Å²) in [7, 11) is 0. The van der Waals surface area contributed by atoms with Crippen LogP contribution in [-0.2, 0) is 4.79 Å². The number of nitrogens with one attached hydrogen (secondary N) is 2. The van der Waals surface area contributed by atoms with Gasteiger partial charge in [0.25, 0.3) is 0 Å². The highest BCUT2D eigenvalue weighted by atomic mass is 16.1. The van der Waals surface area contributed by atoms with Gasteiger partial charge in [0.05, 0.1) is 6.33 Å². The molecular weight excluding hydrogens is 134 g/mol. The normalized spacial score (nSPS) is 8.80. The molecule has 5 nitrogen and oxygen atoms in total. The van der Waals surface area contributed by atoms with Gasteiger partial charge >= 0.3 is 0 Å². The third-order valence-corrected chi connectivity index (χ3v) is 0.982. The molecule has 0 aliphatic heterocycles. The molecule has 0 unspecified atom stereocenters. The maximum absolute atomic E-state index is 10.1. The summed E-state index contributed by atoms with van der Waals surface area (Å²) in [5.74, 6) is 0.255. The predicted octanol–water partition coefficient (Wildman–Crippen LogP) is -0.210. The van der Waals surface area contributed by atoms with Gasteiger partial charge in [0.2, 0.25) is 6.41 Å². The quantitative estimate of drug-likeness (QED) is 0.569. The number of hydrogen-bond acceptors (Lipinski definition) is 3. The number of anilines is 1. The molecule has 1 rings (SSSR count). The number of carbonyl (C=O) groups is 2. The Morgan fingerprint density at radius 1 is 1.60 bits per heavy atom. The number of aromatic nitrogens is 2. The number of aldehydes is 1. The molecule has 2 N–H and O–H groups in total. The van der Waals surface area contributed by atoms with E-state index in [-0.39, 0.29) is 11.5 Å². The maximum atomic E-state index is 10.1. The lowest BCUT2D eigenvalue weighted by atomic mass is 10.5. The summed E-state index contributed by atoms with van der Waals surface area (Å²) in [6.07, 6.45) is 2.37. The van der Waals surface area contributed by atoms with E-state index in [0.29, 0.717) is 12.7 Å². The lowest BCUT2D eigenvalue weighted by Crippen LogP contribution is -1.96. The average molecular weight is 139 g/mol. The molecule has 0 radical (unpaired) electrons. The largest absolute Gasteiger partial charge is 0.341 e. The summed E-state index contributed by atoms with van der Waals surface area (Å²) in [5.41, 5.74) is 0.270. The fourth-order valence-electron chi connectivity index (χ4n) is 0.565. The lowest BCUT2D eigenvalue weighted by Gasteiger charge is -1.89. The van der Waals surface area contributed by atoms with Crippen LogP contribution in [0.2, 0.25) is 0 Å². The molecule has 0 spiro atoms. The number of nitrogens with zero attached hydrogens (tertiary/aromatic N) is 1. The number of hydrogen-bond donors (Lipinski definition) is 2. The number of carbonyl (C=O) groups excluding carboxylic acids is 2. The molecule has 0 saturated heterocycles. The smallest absolute Gasteiger partial charge is 0.212 e. The van der Waals surface area contributed by atoms with Gasteiger partial charge in [0.1, 0.15) is 5.69 Å². The van der Waals surface area contributed by atoms with E-state index in [4.69, 9.17) is 0 Å². The van der Waals surface area contributed by atoms with Gasteiger partial charge in [-0.25, -0.2) is 4.98 Å². The Balaban J connectivity index is 2.89. The van der Waals surface area contributed by atoms with Crippen molar-refractivity contribution in [2.24, 2.45) is 0 Å². The zero-order valence-corrected chi connectivity index (χ0v) is 5.00. The van der Waals surface area contributed by atoms with Crippen LogP contribution < -0.4 is 5.32 Å². The summed E-state index contributed by atoms with van der Waals surface area (Å²) in [4.78, 5) is 26.2. The Bertz CT molecular complexity index is 243. The second-order valence-corrected chi connectivity index (χ2v) is 1.54. The zero-order valence-electron chi connectivity index (χ0n) is 5.00. The van der Waals surface area contributed by atoms with Crippen LogP contribution in [0.25, 0.3) is 0 Å². The van der Waals surface area contributed by atoms with E-state index < -0.39 is 0 Å². The minimum absolute atomic E-state index is 0.255. The van der Waals surface area contributed by atoms with E-state index in [2.05, 4.69) is 15.3 Å². The number of aromatic amines is 1. The molecule has 0 atom stereocenters. The highest BCUT2D eigenvalue weighted by Crippen LogP contribution is 2.03. The summed E-state index contributed by atoms with van der Waals surface area (Å²) in [5, 5.41) is 2.25. The minimum atomic E-state index is 0.255. The zero-order chi connectivity index (χ0) is 7.40. The van der Waals surface area contributed by atoms with Crippen molar-refractivity contribution in [3.05, 3.63) is 12.0 Å². The molecule has 5 heteroatoms. The first-order valence-electron chi connectivity index (χ1n) is 2.57. The van der Waals surface area contributed by atoms with Crippen LogP contribution in [0.3, 0.4) is 0 Å². The van der Waals surface area contributed by atoms with Crippen molar-refractivity contribution >= 4 is 18.5 Å². The second kappa shape index (κ2) is 2.77. The predicted molar refractivity (Wildman–Crippen MR) is 33.7 cm³/mol. The molecule has 0 aromatic carbocycles. The Labute approximate surface area is 56.5 Å². The van der Waals surface area contributed by atoms with Crippen molar-refractivity contribution in [1.29, 1.82) is 0 Å². The standard InChI is InChI=1S/C5H5N3O2/c9-1-4-5(8-3-10)7-2-6-4/h1-3H,(H,6,7)(H,8,10). The summed E-state index contributed by atoms with van der Waals surface area (Å²) in [6.45, 7) is 0. The van der Waals surface area contributed by atoms with Crippen LogP contribution in [0.15, 0.2) is 6.33 Å². The molecule has 0 fully saturated rings. The molecule has 10 heavy (non-hydrogen) atoms. The monoisotopic (exact) mass is 139 g/mol. The van der Waals surface area contributed by atoms with Gasteiger partial charge in [0.15, 0.2) is 12.1 Å². The third-order valence-electron chi connectivity index (χ3n) is 0.982. The van der Waals surface area contributed by atoms with Gasteiger partial charge in [-0.05, 0) is 0 Å². The van der Waals surface area contributed by atoms with Crippen molar-refractivity contribution in [1.82, 2.24) is 9.97 Å². The first kappa shape index (κ1) is 6.47. The summed E-state index contributed by atoms with van der Waals surface area (Å²) < 4.78 is 0. The molecule has 1 heterocycles. The second-order valence-electron chi connectivity index (χ2n) is 1.54. The van der Waals surface area contributed by atoms with Crippen LogP contribution in [-0.4, -0.2) is 22.7 Å². The van der Waals surface area contributed by atoms with Crippen molar-refractivity contribution in [3.8, 4) is 0 Å². The van der Waals surface area contributed by atoms with Crippen molar-refractivity contribution in [2.45, 2.75) is 0 Å². The summed E-state index contributed by atoms with van der Waals surface area (Å²) in [6, 6.07) is 0. The number of H-pyrrole nitrogens is 1. The lowest BCUT2D eigenvalue weighted by molar-refractivity contribution is -0.105. The Hall–Kier alpha value is -1.65. The van der Waals surface area contributed by atoms with Crippen molar-refractivity contribution < 1.29 is 9.59 Å². The molecule has 0 saturated carbocycles. The van der Waals surface area contributed by atoms with E-state index >= 15 is 0 Å². The van der Waals surface area contributed by atoms with E-state index in [9.17, 15) is 9.59 Å². The van der Waals surface area contributed by atoms with E-state index in [1.54, 1.807) is 0 Å². The molecule has 0 aliphatic rings. The van der Waals surface area contributed by atoms with Gasteiger partial charge in [0, 0.05) is 0 Å². The number of amides is 1. The SMILES string of the molecule is O=CNc1nc[nH]c1C=O. The van der Waals surface area contributed by atoms with Crippen LogP contribution in [0.5, 0.6) is 0 Å². The highest BCUT2D eigenvalue weighted by Gasteiger charge is 2.00. The Morgan fingerprint density at radius 2 is 2.40 bits per heavy atom. The van der Waals surface area contributed by atoms with Crippen molar-refractivity contribution in [3.63, 3.8) is 0 Å². The first-order chi connectivity index (χ1) is 4.88. The van der Waals surface area contributed by atoms with Crippen LogP contribution in [0.1, 0.15) is 10.5 Å². The minimum Gasteiger partial charge on any atom is -0.341 e. The highest BCUT2D eigenvalue weighted by molar-refractivity contribution is 5.84. The Kier molecular flexibility index (Phi) is 1.79. The summed E-state index contributed by atoms with van der Waals surface area (Å²) >= 11 is 0. The molecule has 0 bridgehead atoms. The molecule has 0 aliphatic carbocycles. The Morgan fingerprint density at radius 3 is 3.00 bits per heavy atom. The number of rotatable bonds is 3. The van der Waals surface area contributed by atoms with Gasteiger partial charge in [-0.1, -0.05) is 0 Å². The van der Waals surface area contributed by atoms with E-state index in [0.717, 1.165) is 0 Å². The molecule has 1 aromatic heterocycles. The van der Waals surface area contributed by atoms with Gasteiger partial charge < -0.3 is 10.3 Å². The number of imidazole rings is 1. The van der Waals surface area contributed by atoms with Gasteiger partial charge in [-0.3, -0.25) is 9.59 Å². The maximum Gasteiger partial charge on any atom is 0.212 e. The van der Waals surface area contributed by atoms with E-state index in [1.165, 1.54) is 6.33 Å². The van der Waals surface area contributed by atoms with Gasteiger partial charge in [-0.15, -0.1) is 0 Å². The van der Waals surface area contributed by atoms with Crippen LogP contribution >= 0.6 is 0 Å². The van der Waals surface area contributed by atoms with Gasteiger partial charge in [-0.2, -0.15) is 0 Å². The molecule has 1 aromatic rings. The topological polar surface area (TPSA) is 74.8 Å². The molecule has 52 valence electrons. The average Bonchev–Trinajstić information content (AvgIpc) is 2.36. The van der Waals surface area contributed by atoms with Crippen molar-refractivity contribution in [2.75, 3.05) is 5.32 Å². The first-order valence-corrected chi connectivity index (χ1v) is 2.57. The fourth-order valence-corrected chi connectivity index (χ4v) is 0.565. The molecule has 1 amide bonds. The third kappa shape index (κ3) is 1.02. The van der Waals surface area contributed by atoms with Crippen LogP contribution in [0.4, 0.5) is 5.82 Å². The van der Waals surface area contributed by atoms with E-state index in [1.807, 2.05) is 0 Å². The fraction of sp³-hybridized carbons (Fsp3) is 0.